The van der Waals surface area contributed by atoms with Gasteiger partial charge in [-0.1, -0.05) is 20.3 Å². The van der Waals surface area contributed by atoms with E-state index in [4.69, 9.17) is 10.5 Å². The second kappa shape index (κ2) is 5.57. The predicted octanol–water partition coefficient (Wildman–Crippen LogP) is 1.53. The van der Waals surface area contributed by atoms with Gasteiger partial charge in [-0.05, 0) is 31.1 Å². The van der Waals surface area contributed by atoms with Crippen LogP contribution in [-0.2, 0) is 9.53 Å². The monoisotopic (exact) mass is 254 g/mol. The first-order valence-electron chi connectivity index (χ1n) is 7.22. The molecule has 1 amide bonds. The summed E-state index contributed by atoms with van der Waals surface area (Å²) >= 11 is 0. The summed E-state index contributed by atoms with van der Waals surface area (Å²) in [6.07, 6.45) is 5.04. The minimum absolute atomic E-state index is 0.0876. The summed E-state index contributed by atoms with van der Waals surface area (Å²) < 4.78 is 5.69. The number of nitrogens with two attached hydrogens (primary N) is 1. The van der Waals surface area contributed by atoms with Crippen LogP contribution in [0.1, 0.15) is 46.0 Å². The number of hydrogen-bond donors (Lipinski definition) is 1. The highest BCUT2D eigenvalue weighted by molar-refractivity contribution is 5.81. The molecule has 2 aliphatic rings. The average Bonchev–Trinajstić information content (AvgIpc) is 2.87. The number of hydrogen-bond acceptors (Lipinski definition) is 3. The Labute approximate surface area is 110 Å². The average molecular weight is 254 g/mol. The lowest BCUT2D eigenvalue weighted by Gasteiger charge is -2.39. The fourth-order valence-electron chi connectivity index (χ4n) is 2.88. The van der Waals surface area contributed by atoms with E-state index >= 15 is 0 Å². The lowest BCUT2D eigenvalue weighted by atomic mass is 9.78. The van der Waals surface area contributed by atoms with Crippen LogP contribution in [0.25, 0.3) is 0 Å². The SMILES string of the molecule is CCC1(C)CCN(C(=O)[C@@H]2CC[C@H](CN)O2)CC1. The minimum atomic E-state index is -0.232. The molecule has 4 heteroatoms. The quantitative estimate of drug-likeness (QED) is 0.831. The molecule has 0 spiro atoms. The molecule has 0 bridgehead atoms. The summed E-state index contributed by atoms with van der Waals surface area (Å²) in [5.74, 6) is 0.184. The van der Waals surface area contributed by atoms with Gasteiger partial charge in [0.2, 0.25) is 0 Å². The number of ether oxygens (including phenoxy) is 1. The molecule has 2 heterocycles. The van der Waals surface area contributed by atoms with Crippen molar-refractivity contribution in [2.24, 2.45) is 11.1 Å². The van der Waals surface area contributed by atoms with Crippen molar-refractivity contribution >= 4 is 5.91 Å². The molecule has 2 atom stereocenters. The van der Waals surface area contributed by atoms with Gasteiger partial charge >= 0.3 is 0 Å². The summed E-state index contributed by atoms with van der Waals surface area (Å²) in [7, 11) is 0. The van der Waals surface area contributed by atoms with Gasteiger partial charge in [0.1, 0.15) is 6.10 Å². The molecule has 0 aromatic rings. The largest absolute Gasteiger partial charge is 0.364 e. The van der Waals surface area contributed by atoms with Crippen LogP contribution in [0.5, 0.6) is 0 Å². The van der Waals surface area contributed by atoms with Crippen LogP contribution >= 0.6 is 0 Å². The Hall–Kier alpha value is -0.610. The van der Waals surface area contributed by atoms with E-state index in [-0.39, 0.29) is 18.1 Å². The molecule has 0 saturated carbocycles. The molecule has 0 aromatic heterocycles. The number of piperidine rings is 1. The zero-order valence-corrected chi connectivity index (χ0v) is 11.7. The highest BCUT2D eigenvalue weighted by Gasteiger charge is 2.36. The molecule has 2 saturated heterocycles. The normalized spacial score (nSPS) is 31.6. The Kier molecular flexibility index (Phi) is 4.28. The van der Waals surface area contributed by atoms with Gasteiger partial charge in [0.05, 0.1) is 6.10 Å². The Balaban J connectivity index is 1.85. The van der Waals surface area contributed by atoms with Gasteiger partial charge in [0.15, 0.2) is 0 Å². The van der Waals surface area contributed by atoms with Gasteiger partial charge in [-0.2, -0.15) is 0 Å². The molecule has 2 N–H and O–H groups in total. The summed E-state index contributed by atoms with van der Waals surface area (Å²) in [5, 5.41) is 0. The highest BCUT2D eigenvalue weighted by atomic mass is 16.5. The summed E-state index contributed by atoms with van der Waals surface area (Å²) in [4.78, 5) is 14.3. The smallest absolute Gasteiger partial charge is 0.251 e. The minimum Gasteiger partial charge on any atom is -0.364 e. The maximum absolute atomic E-state index is 12.3. The van der Waals surface area contributed by atoms with Gasteiger partial charge < -0.3 is 15.4 Å². The zero-order chi connectivity index (χ0) is 13.2. The van der Waals surface area contributed by atoms with Crippen LogP contribution in [0, 0.1) is 5.41 Å². The summed E-state index contributed by atoms with van der Waals surface area (Å²) in [6, 6.07) is 0. The Morgan fingerprint density at radius 2 is 2.06 bits per heavy atom. The first-order chi connectivity index (χ1) is 8.58. The molecule has 0 aliphatic carbocycles. The third-order valence-corrected chi connectivity index (χ3v) is 4.78. The standard InChI is InChI=1S/C14H26N2O2/c1-3-14(2)6-8-16(9-7-14)13(17)12-5-4-11(10-15)18-12/h11-12H,3-10,15H2,1-2H3/t11-,12+/m1/s1. The molecule has 104 valence electrons. The Bertz CT molecular complexity index is 298. The first-order valence-corrected chi connectivity index (χ1v) is 7.22. The topological polar surface area (TPSA) is 55.6 Å². The Morgan fingerprint density at radius 1 is 1.39 bits per heavy atom. The van der Waals surface area contributed by atoms with E-state index in [0.29, 0.717) is 12.0 Å². The van der Waals surface area contributed by atoms with Gasteiger partial charge in [-0.25, -0.2) is 0 Å². The predicted molar refractivity (Wildman–Crippen MR) is 71.2 cm³/mol. The Morgan fingerprint density at radius 3 is 2.56 bits per heavy atom. The van der Waals surface area contributed by atoms with Crippen molar-refractivity contribution in [3.8, 4) is 0 Å². The third-order valence-electron chi connectivity index (χ3n) is 4.78. The van der Waals surface area contributed by atoms with Crippen molar-refractivity contribution in [3.05, 3.63) is 0 Å². The third kappa shape index (κ3) is 2.86. The van der Waals surface area contributed by atoms with Gasteiger partial charge in [-0.15, -0.1) is 0 Å². The number of carbonyl (C=O) groups is 1. The van der Waals surface area contributed by atoms with Gasteiger partial charge in [0, 0.05) is 19.6 Å². The van der Waals surface area contributed by atoms with Crippen LogP contribution in [0.3, 0.4) is 0 Å². The number of rotatable bonds is 3. The van der Waals surface area contributed by atoms with Gasteiger partial charge in [0.25, 0.3) is 5.91 Å². The lowest BCUT2D eigenvalue weighted by molar-refractivity contribution is -0.145. The molecule has 2 rings (SSSR count). The number of amides is 1. The highest BCUT2D eigenvalue weighted by Crippen LogP contribution is 2.34. The van der Waals surface area contributed by atoms with Crippen LogP contribution in [-0.4, -0.2) is 42.6 Å². The lowest BCUT2D eigenvalue weighted by Crippen LogP contribution is -2.46. The number of likely N-dealkylation sites (tertiary alicyclic amines) is 1. The molecule has 0 radical (unpaired) electrons. The molecule has 0 unspecified atom stereocenters. The van der Waals surface area contributed by atoms with Crippen molar-refractivity contribution < 1.29 is 9.53 Å². The van der Waals surface area contributed by atoms with E-state index in [9.17, 15) is 4.79 Å². The fourth-order valence-corrected chi connectivity index (χ4v) is 2.88. The first kappa shape index (κ1) is 13.8. The number of nitrogens with zero attached hydrogens (tertiary/aromatic N) is 1. The molecule has 18 heavy (non-hydrogen) atoms. The van der Waals surface area contributed by atoms with Crippen molar-refractivity contribution in [1.29, 1.82) is 0 Å². The van der Waals surface area contributed by atoms with Crippen LogP contribution in [0.2, 0.25) is 0 Å². The van der Waals surface area contributed by atoms with E-state index in [0.717, 1.165) is 38.8 Å². The van der Waals surface area contributed by atoms with Crippen LogP contribution in [0.4, 0.5) is 0 Å². The van der Waals surface area contributed by atoms with Crippen LogP contribution < -0.4 is 5.73 Å². The van der Waals surface area contributed by atoms with Crippen molar-refractivity contribution in [1.82, 2.24) is 4.90 Å². The fraction of sp³-hybridized carbons (Fsp3) is 0.929. The molecule has 4 nitrogen and oxygen atoms in total. The number of carbonyl (C=O) groups excluding carboxylic acids is 1. The summed E-state index contributed by atoms with van der Waals surface area (Å²) in [5.41, 5.74) is 6.00. The van der Waals surface area contributed by atoms with E-state index in [1.807, 2.05) is 4.90 Å². The molecule has 2 fully saturated rings. The molecular formula is C14H26N2O2. The molecular weight excluding hydrogens is 228 g/mol. The van der Waals surface area contributed by atoms with Crippen molar-refractivity contribution in [3.63, 3.8) is 0 Å². The van der Waals surface area contributed by atoms with E-state index in [1.165, 1.54) is 6.42 Å². The van der Waals surface area contributed by atoms with Crippen molar-refractivity contribution in [2.45, 2.75) is 58.2 Å². The molecule has 2 aliphatic heterocycles. The second-order valence-corrected chi connectivity index (χ2v) is 6.05. The maximum Gasteiger partial charge on any atom is 0.251 e. The van der Waals surface area contributed by atoms with E-state index in [1.54, 1.807) is 0 Å². The van der Waals surface area contributed by atoms with Gasteiger partial charge in [-0.3, -0.25) is 4.79 Å². The van der Waals surface area contributed by atoms with E-state index < -0.39 is 0 Å². The van der Waals surface area contributed by atoms with Crippen LogP contribution in [0.15, 0.2) is 0 Å². The molecule has 0 aromatic carbocycles. The summed E-state index contributed by atoms with van der Waals surface area (Å²) in [6.45, 7) is 6.86. The zero-order valence-electron chi connectivity index (χ0n) is 11.7. The maximum atomic E-state index is 12.3. The second-order valence-electron chi connectivity index (χ2n) is 6.05. The van der Waals surface area contributed by atoms with E-state index in [2.05, 4.69) is 13.8 Å². The van der Waals surface area contributed by atoms with Crippen molar-refractivity contribution in [2.75, 3.05) is 19.6 Å².